The largest absolute Gasteiger partial charge is 0.368 e. The van der Waals surface area contributed by atoms with Crippen molar-refractivity contribution in [3.8, 4) is 11.3 Å². The van der Waals surface area contributed by atoms with E-state index in [0.717, 1.165) is 28.4 Å². The molecule has 0 amide bonds. The van der Waals surface area contributed by atoms with Crippen molar-refractivity contribution in [2.24, 2.45) is 7.05 Å². The SMILES string of the molecule is CN(C)CCN(C)c1ccc(Nc2nc(-c3cn(C)c4ccc(F)cc34)c3cc[nH]c3n2)cc1[N+](=O)[O-]. The zero-order chi connectivity index (χ0) is 26.3. The highest BCUT2D eigenvalue weighted by atomic mass is 19.1. The van der Waals surface area contributed by atoms with E-state index in [2.05, 4.69) is 15.3 Å². The van der Waals surface area contributed by atoms with Gasteiger partial charge in [0.1, 0.15) is 17.2 Å². The molecule has 0 saturated carbocycles. The lowest BCUT2D eigenvalue weighted by molar-refractivity contribution is -0.384. The summed E-state index contributed by atoms with van der Waals surface area (Å²) in [5.41, 5.74) is 3.84. The number of nitro benzene ring substituents is 1. The molecular weight excluding hydrogens is 475 g/mol. The molecule has 0 spiro atoms. The van der Waals surface area contributed by atoms with Crippen molar-refractivity contribution in [2.45, 2.75) is 0 Å². The predicted octanol–water partition coefficient (Wildman–Crippen LogP) is 4.91. The van der Waals surface area contributed by atoms with E-state index >= 15 is 0 Å². The number of hydrogen-bond acceptors (Lipinski definition) is 7. The molecule has 11 heteroatoms. The fourth-order valence-corrected chi connectivity index (χ4v) is 4.43. The quantitative estimate of drug-likeness (QED) is 0.229. The molecule has 190 valence electrons. The summed E-state index contributed by atoms with van der Waals surface area (Å²) in [5.74, 6) is -0.0676. The zero-order valence-corrected chi connectivity index (χ0v) is 21.0. The van der Waals surface area contributed by atoms with Crippen LogP contribution in [-0.4, -0.2) is 63.6 Å². The Morgan fingerprint density at radius 3 is 2.65 bits per heavy atom. The van der Waals surface area contributed by atoms with Gasteiger partial charge in [0, 0.05) is 73.2 Å². The molecule has 0 saturated heterocycles. The summed E-state index contributed by atoms with van der Waals surface area (Å²) in [5, 5.41) is 16.5. The van der Waals surface area contributed by atoms with Crippen LogP contribution in [0.5, 0.6) is 0 Å². The molecule has 3 heterocycles. The van der Waals surface area contributed by atoms with E-state index in [0.29, 0.717) is 29.3 Å². The van der Waals surface area contributed by atoms with Gasteiger partial charge in [0.2, 0.25) is 5.95 Å². The van der Waals surface area contributed by atoms with E-state index in [1.54, 1.807) is 24.4 Å². The maximum atomic E-state index is 14.1. The van der Waals surface area contributed by atoms with E-state index in [9.17, 15) is 14.5 Å². The first-order valence-electron chi connectivity index (χ1n) is 11.7. The number of hydrogen-bond donors (Lipinski definition) is 2. The van der Waals surface area contributed by atoms with Gasteiger partial charge < -0.3 is 24.7 Å². The summed E-state index contributed by atoms with van der Waals surface area (Å²) in [6, 6.07) is 11.5. The summed E-state index contributed by atoms with van der Waals surface area (Å²) in [7, 11) is 7.65. The van der Waals surface area contributed by atoms with E-state index in [1.165, 1.54) is 18.2 Å². The molecule has 0 bridgehead atoms. The highest BCUT2D eigenvalue weighted by Crippen LogP contribution is 2.35. The number of halogens is 1. The van der Waals surface area contributed by atoms with Gasteiger partial charge in [0.05, 0.1) is 10.6 Å². The number of H-pyrrole nitrogens is 1. The normalized spacial score (nSPS) is 11.5. The Labute approximate surface area is 212 Å². The third-order valence-corrected chi connectivity index (χ3v) is 6.34. The van der Waals surface area contributed by atoms with Gasteiger partial charge in [-0.3, -0.25) is 10.1 Å². The molecule has 10 nitrogen and oxygen atoms in total. The van der Waals surface area contributed by atoms with Gasteiger partial charge in [-0.25, -0.2) is 9.37 Å². The van der Waals surface area contributed by atoms with E-state index < -0.39 is 4.92 Å². The van der Waals surface area contributed by atoms with Crippen LogP contribution in [0.2, 0.25) is 0 Å². The van der Waals surface area contributed by atoms with Crippen LogP contribution in [0, 0.1) is 15.9 Å². The van der Waals surface area contributed by atoms with E-state index in [4.69, 9.17) is 4.98 Å². The number of benzene rings is 2. The highest BCUT2D eigenvalue weighted by Gasteiger charge is 2.20. The number of rotatable bonds is 8. The molecule has 0 aliphatic carbocycles. The van der Waals surface area contributed by atoms with Gasteiger partial charge in [-0.05, 0) is 50.5 Å². The number of anilines is 3. The number of aromatic amines is 1. The summed E-state index contributed by atoms with van der Waals surface area (Å²) in [6.45, 7) is 1.40. The smallest absolute Gasteiger partial charge is 0.294 e. The third kappa shape index (κ3) is 4.68. The monoisotopic (exact) mass is 502 g/mol. The average Bonchev–Trinajstić information content (AvgIpc) is 3.46. The minimum atomic E-state index is -0.391. The number of nitrogens with one attached hydrogen (secondary N) is 2. The van der Waals surface area contributed by atoms with Crippen LogP contribution in [0.3, 0.4) is 0 Å². The summed E-state index contributed by atoms with van der Waals surface area (Å²) in [4.78, 5) is 27.8. The van der Waals surface area contributed by atoms with Crippen LogP contribution >= 0.6 is 0 Å². The summed E-state index contributed by atoms with van der Waals surface area (Å²) in [6.07, 6.45) is 3.67. The zero-order valence-electron chi connectivity index (χ0n) is 21.0. The van der Waals surface area contributed by atoms with Gasteiger partial charge in [-0.15, -0.1) is 0 Å². The average molecular weight is 503 g/mol. The van der Waals surface area contributed by atoms with Crippen molar-refractivity contribution in [3.05, 3.63) is 70.8 Å². The van der Waals surface area contributed by atoms with Crippen LogP contribution < -0.4 is 10.2 Å². The number of nitrogens with zero attached hydrogens (tertiary/aromatic N) is 6. The number of fused-ring (bicyclic) bond motifs is 2. The number of likely N-dealkylation sites (N-methyl/N-ethyl adjacent to an activating group) is 2. The van der Waals surface area contributed by atoms with Gasteiger partial charge in [-0.1, -0.05) is 0 Å². The first kappa shape index (κ1) is 24.2. The molecular formula is C26H27FN8O2. The minimum Gasteiger partial charge on any atom is -0.368 e. The number of aryl methyl sites for hydroxylation is 1. The first-order chi connectivity index (χ1) is 17.7. The predicted molar refractivity (Wildman–Crippen MR) is 144 cm³/mol. The maximum absolute atomic E-state index is 14.1. The molecule has 5 aromatic rings. The molecule has 2 aromatic carbocycles. The lowest BCUT2D eigenvalue weighted by Gasteiger charge is -2.21. The van der Waals surface area contributed by atoms with E-state index in [1.807, 2.05) is 54.8 Å². The van der Waals surface area contributed by atoms with Crippen LogP contribution in [0.25, 0.3) is 33.2 Å². The molecule has 0 atom stereocenters. The molecule has 0 aliphatic rings. The number of nitro groups is 1. The molecule has 0 fully saturated rings. The Kier molecular flexibility index (Phi) is 6.22. The topological polar surface area (TPSA) is 108 Å². The Morgan fingerprint density at radius 1 is 1.08 bits per heavy atom. The van der Waals surface area contributed by atoms with Gasteiger partial charge in [0.15, 0.2) is 0 Å². The molecule has 2 N–H and O–H groups in total. The second-order valence-corrected chi connectivity index (χ2v) is 9.26. The van der Waals surface area contributed by atoms with Crippen molar-refractivity contribution in [3.63, 3.8) is 0 Å². The number of aromatic nitrogens is 4. The molecule has 5 rings (SSSR count). The lowest BCUT2D eigenvalue weighted by Crippen LogP contribution is -2.28. The fraction of sp³-hybridized carbons (Fsp3) is 0.231. The highest BCUT2D eigenvalue weighted by molar-refractivity contribution is 6.02. The summed E-state index contributed by atoms with van der Waals surface area (Å²) < 4.78 is 16.0. The van der Waals surface area contributed by atoms with E-state index in [-0.39, 0.29) is 17.5 Å². The lowest BCUT2D eigenvalue weighted by atomic mass is 10.1. The standard InChI is InChI=1S/C26H27FN8O2/c1-32(2)11-12-33(3)22-8-6-17(14-23(22)35(36)37)29-26-30-24(18-9-10-28-25(18)31-26)20-15-34(4)21-7-5-16(27)13-19(20)21/h5-10,13-15H,11-12H2,1-4H3,(H2,28,29,30,31). The molecule has 3 aromatic heterocycles. The fourth-order valence-electron chi connectivity index (χ4n) is 4.43. The van der Waals surface area contributed by atoms with Crippen molar-refractivity contribution < 1.29 is 9.31 Å². The van der Waals surface area contributed by atoms with Gasteiger partial charge >= 0.3 is 0 Å². The Morgan fingerprint density at radius 2 is 1.89 bits per heavy atom. The first-order valence-corrected chi connectivity index (χ1v) is 11.7. The second-order valence-electron chi connectivity index (χ2n) is 9.26. The van der Waals surface area contributed by atoms with Crippen molar-refractivity contribution in [1.82, 2.24) is 24.4 Å². The Balaban J connectivity index is 1.54. The summed E-state index contributed by atoms with van der Waals surface area (Å²) >= 11 is 0. The van der Waals surface area contributed by atoms with Gasteiger partial charge in [0.25, 0.3) is 5.69 Å². The molecule has 37 heavy (non-hydrogen) atoms. The third-order valence-electron chi connectivity index (χ3n) is 6.34. The van der Waals surface area contributed by atoms with Crippen LogP contribution in [0.15, 0.2) is 54.9 Å². The Hall–Kier alpha value is -4.51. The van der Waals surface area contributed by atoms with Crippen molar-refractivity contribution >= 4 is 44.9 Å². The van der Waals surface area contributed by atoms with Crippen LogP contribution in [-0.2, 0) is 7.05 Å². The van der Waals surface area contributed by atoms with Gasteiger partial charge in [-0.2, -0.15) is 4.98 Å². The maximum Gasteiger partial charge on any atom is 0.294 e. The van der Waals surface area contributed by atoms with Crippen LogP contribution in [0.4, 0.5) is 27.4 Å². The molecule has 0 unspecified atom stereocenters. The van der Waals surface area contributed by atoms with Crippen molar-refractivity contribution in [2.75, 3.05) is 44.4 Å². The minimum absolute atomic E-state index is 0.0167. The molecule has 0 radical (unpaired) electrons. The Bertz CT molecular complexity index is 1620. The molecule has 0 aliphatic heterocycles. The van der Waals surface area contributed by atoms with Crippen LogP contribution in [0.1, 0.15) is 0 Å². The second kappa shape index (κ2) is 9.51. The van der Waals surface area contributed by atoms with Crippen molar-refractivity contribution in [1.29, 1.82) is 0 Å².